The molecule has 9 nitrogen and oxygen atoms in total. The van der Waals surface area contributed by atoms with E-state index in [-0.39, 0.29) is 22.6 Å². The standard InChI is InChI=1S/C20H17N3O6S/c1-2-27-15-10-6-7-13-11-16(28-18(13)15)19(24)21-20-23-22-17(29-20)12-30(25,26)14-8-4-3-5-9-14/h3-11H,2,12H2,1H3,(H,21,23,24). The van der Waals surface area contributed by atoms with Gasteiger partial charge in [-0.3, -0.25) is 10.1 Å². The number of carbonyl (C=O) groups excluding carboxylic acids is 1. The van der Waals surface area contributed by atoms with Gasteiger partial charge in [-0.1, -0.05) is 35.4 Å². The molecular weight excluding hydrogens is 410 g/mol. The van der Waals surface area contributed by atoms with Gasteiger partial charge in [0.15, 0.2) is 26.9 Å². The van der Waals surface area contributed by atoms with Crippen LogP contribution < -0.4 is 10.1 Å². The monoisotopic (exact) mass is 427 g/mol. The van der Waals surface area contributed by atoms with Crippen LogP contribution in [0, 0.1) is 0 Å². The molecule has 1 amide bonds. The van der Waals surface area contributed by atoms with Crippen LogP contribution in [0.5, 0.6) is 5.75 Å². The number of para-hydroxylation sites is 1. The number of aromatic nitrogens is 2. The second-order valence-electron chi connectivity index (χ2n) is 6.25. The summed E-state index contributed by atoms with van der Waals surface area (Å²) in [6, 6.07) is 14.6. The van der Waals surface area contributed by atoms with Crippen molar-refractivity contribution in [3.05, 3.63) is 66.2 Å². The lowest BCUT2D eigenvalue weighted by molar-refractivity contribution is 0.0995. The number of fused-ring (bicyclic) bond motifs is 1. The minimum atomic E-state index is -3.65. The number of furan rings is 1. The number of carbonyl (C=O) groups is 1. The fourth-order valence-electron chi connectivity index (χ4n) is 2.81. The summed E-state index contributed by atoms with van der Waals surface area (Å²) in [7, 11) is -3.65. The van der Waals surface area contributed by atoms with Gasteiger partial charge in [0.05, 0.1) is 11.5 Å². The molecule has 0 saturated heterocycles. The zero-order valence-electron chi connectivity index (χ0n) is 15.9. The number of hydrogen-bond donors (Lipinski definition) is 1. The highest BCUT2D eigenvalue weighted by Gasteiger charge is 2.21. The Balaban J connectivity index is 1.49. The van der Waals surface area contributed by atoms with Crippen molar-refractivity contribution >= 4 is 32.7 Å². The maximum Gasteiger partial charge on any atom is 0.322 e. The van der Waals surface area contributed by atoms with Gasteiger partial charge in [-0.05, 0) is 31.2 Å². The number of hydrogen-bond acceptors (Lipinski definition) is 8. The normalized spacial score (nSPS) is 11.5. The fraction of sp³-hybridized carbons (Fsp3) is 0.150. The Bertz CT molecular complexity index is 1290. The molecule has 4 rings (SSSR count). The van der Waals surface area contributed by atoms with Crippen LogP contribution in [-0.4, -0.2) is 31.1 Å². The summed E-state index contributed by atoms with van der Waals surface area (Å²) in [4.78, 5) is 12.6. The van der Waals surface area contributed by atoms with Crippen LogP contribution in [-0.2, 0) is 15.6 Å². The third-order valence-corrected chi connectivity index (χ3v) is 5.75. The van der Waals surface area contributed by atoms with Crippen molar-refractivity contribution in [3.63, 3.8) is 0 Å². The van der Waals surface area contributed by atoms with E-state index in [9.17, 15) is 13.2 Å². The molecule has 0 aliphatic carbocycles. The van der Waals surface area contributed by atoms with Crippen molar-refractivity contribution < 1.29 is 26.8 Å². The zero-order valence-corrected chi connectivity index (χ0v) is 16.7. The Hall–Kier alpha value is -3.66. The minimum Gasteiger partial charge on any atom is -0.490 e. The van der Waals surface area contributed by atoms with Crippen molar-refractivity contribution in [2.45, 2.75) is 17.6 Å². The van der Waals surface area contributed by atoms with Crippen LogP contribution in [0.1, 0.15) is 23.4 Å². The van der Waals surface area contributed by atoms with E-state index in [0.717, 1.165) is 0 Å². The molecule has 0 unspecified atom stereocenters. The zero-order chi connectivity index (χ0) is 21.1. The van der Waals surface area contributed by atoms with Gasteiger partial charge < -0.3 is 13.6 Å². The SMILES string of the molecule is CCOc1cccc2cc(C(=O)Nc3nnc(CS(=O)(=O)c4ccccc4)o3)oc12. The van der Waals surface area contributed by atoms with Crippen LogP contribution in [0.2, 0.25) is 0 Å². The lowest BCUT2D eigenvalue weighted by Gasteiger charge is -2.02. The molecule has 2 heterocycles. The van der Waals surface area contributed by atoms with E-state index in [4.69, 9.17) is 13.6 Å². The van der Waals surface area contributed by atoms with Crippen LogP contribution in [0.15, 0.2) is 68.3 Å². The van der Waals surface area contributed by atoms with Gasteiger partial charge in [-0.2, -0.15) is 0 Å². The molecule has 0 radical (unpaired) electrons. The van der Waals surface area contributed by atoms with E-state index in [2.05, 4.69) is 15.5 Å². The van der Waals surface area contributed by atoms with E-state index in [1.54, 1.807) is 42.5 Å². The first-order valence-electron chi connectivity index (χ1n) is 9.03. The molecule has 1 N–H and O–H groups in total. The molecule has 0 fully saturated rings. The summed E-state index contributed by atoms with van der Waals surface area (Å²) in [6.07, 6.45) is 0. The summed E-state index contributed by atoms with van der Waals surface area (Å²) in [5.74, 6) is -0.691. The lowest BCUT2D eigenvalue weighted by Crippen LogP contribution is -2.11. The van der Waals surface area contributed by atoms with Crippen molar-refractivity contribution in [1.82, 2.24) is 10.2 Å². The highest BCUT2D eigenvalue weighted by Crippen LogP contribution is 2.29. The lowest BCUT2D eigenvalue weighted by atomic mass is 10.2. The van der Waals surface area contributed by atoms with Gasteiger partial charge in [0.25, 0.3) is 5.91 Å². The molecule has 0 aliphatic rings. The topological polar surface area (TPSA) is 125 Å². The van der Waals surface area contributed by atoms with Gasteiger partial charge in [-0.15, -0.1) is 5.10 Å². The van der Waals surface area contributed by atoms with Gasteiger partial charge in [0.2, 0.25) is 5.89 Å². The number of nitrogens with zero attached hydrogens (tertiary/aromatic N) is 2. The molecule has 0 atom stereocenters. The van der Waals surface area contributed by atoms with E-state index in [1.807, 2.05) is 6.92 Å². The largest absolute Gasteiger partial charge is 0.490 e. The van der Waals surface area contributed by atoms with Crippen molar-refractivity contribution in [2.75, 3.05) is 11.9 Å². The minimum absolute atomic E-state index is 0.0220. The molecule has 2 aromatic heterocycles. The molecule has 0 bridgehead atoms. The molecule has 30 heavy (non-hydrogen) atoms. The first-order chi connectivity index (χ1) is 14.5. The summed E-state index contributed by atoms with van der Waals surface area (Å²) < 4.78 is 41.2. The fourth-order valence-corrected chi connectivity index (χ4v) is 3.99. The van der Waals surface area contributed by atoms with Crippen molar-refractivity contribution in [3.8, 4) is 5.75 Å². The molecule has 0 saturated carbocycles. The summed E-state index contributed by atoms with van der Waals surface area (Å²) >= 11 is 0. The van der Waals surface area contributed by atoms with E-state index in [0.29, 0.717) is 23.3 Å². The quantitative estimate of drug-likeness (QED) is 0.475. The maximum absolute atomic E-state index is 12.5. The Labute approximate surface area is 171 Å². The summed E-state index contributed by atoms with van der Waals surface area (Å²) in [5.41, 5.74) is 0.449. The predicted octanol–water partition coefficient (Wildman–Crippen LogP) is 3.44. The number of nitrogens with one attached hydrogen (secondary N) is 1. The highest BCUT2D eigenvalue weighted by molar-refractivity contribution is 7.90. The highest BCUT2D eigenvalue weighted by atomic mass is 32.2. The molecule has 0 aliphatic heterocycles. The molecule has 10 heteroatoms. The average Bonchev–Trinajstić information content (AvgIpc) is 3.36. The molecule has 4 aromatic rings. The average molecular weight is 427 g/mol. The second kappa shape index (κ2) is 7.99. The number of anilines is 1. The van der Waals surface area contributed by atoms with Gasteiger partial charge in [0, 0.05) is 5.39 Å². The number of ether oxygens (including phenoxy) is 1. The van der Waals surface area contributed by atoms with E-state index < -0.39 is 21.5 Å². The summed E-state index contributed by atoms with van der Waals surface area (Å²) in [6.45, 7) is 2.30. The number of sulfone groups is 1. The van der Waals surface area contributed by atoms with Gasteiger partial charge in [0.1, 0.15) is 5.75 Å². The van der Waals surface area contributed by atoms with Crippen LogP contribution in [0.3, 0.4) is 0 Å². The van der Waals surface area contributed by atoms with Crippen molar-refractivity contribution in [2.24, 2.45) is 0 Å². The maximum atomic E-state index is 12.5. The van der Waals surface area contributed by atoms with Crippen molar-refractivity contribution in [1.29, 1.82) is 0 Å². The van der Waals surface area contributed by atoms with Gasteiger partial charge >= 0.3 is 6.01 Å². The second-order valence-corrected chi connectivity index (χ2v) is 8.23. The van der Waals surface area contributed by atoms with Crippen LogP contribution in [0.4, 0.5) is 6.01 Å². The number of rotatable bonds is 7. The molecular formula is C20H17N3O6S. The smallest absolute Gasteiger partial charge is 0.322 e. The number of amides is 1. The predicted molar refractivity (Wildman–Crippen MR) is 107 cm³/mol. The van der Waals surface area contributed by atoms with E-state index >= 15 is 0 Å². The Morgan fingerprint density at radius 3 is 2.63 bits per heavy atom. The van der Waals surface area contributed by atoms with Gasteiger partial charge in [-0.25, -0.2) is 8.42 Å². The molecule has 2 aromatic carbocycles. The Morgan fingerprint density at radius 1 is 1.07 bits per heavy atom. The Kier molecular flexibility index (Phi) is 5.23. The first kappa shape index (κ1) is 19.6. The number of benzene rings is 2. The summed E-state index contributed by atoms with van der Waals surface area (Å²) in [5, 5.41) is 10.5. The third-order valence-electron chi connectivity index (χ3n) is 4.13. The first-order valence-corrected chi connectivity index (χ1v) is 10.7. The van der Waals surface area contributed by atoms with Crippen LogP contribution in [0.25, 0.3) is 11.0 Å². The van der Waals surface area contributed by atoms with Crippen LogP contribution >= 0.6 is 0 Å². The molecule has 154 valence electrons. The van der Waals surface area contributed by atoms with E-state index in [1.165, 1.54) is 12.1 Å². The molecule has 0 spiro atoms. The Morgan fingerprint density at radius 2 is 1.87 bits per heavy atom. The third kappa shape index (κ3) is 4.03.